The maximum absolute atomic E-state index is 11.3. The van der Waals surface area contributed by atoms with Gasteiger partial charge in [-0.1, -0.05) is 22.0 Å². The molecular formula is C10H13BrN2O. The molecule has 0 saturated heterocycles. The van der Waals surface area contributed by atoms with Crippen LogP contribution in [0.25, 0.3) is 0 Å². The van der Waals surface area contributed by atoms with Crippen LogP contribution in [0.4, 0.5) is 0 Å². The number of nitrogens with one attached hydrogen (secondary N) is 1. The monoisotopic (exact) mass is 256 g/mol. The molecule has 0 aliphatic heterocycles. The van der Waals surface area contributed by atoms with Gasteiger partial charge in [0.15, 0.2) is 0 Å². The number of hydrogen-bond acceptors (Lipinski definition) is 2. The van der Waals surface area contributed by atoms with E-state index in [9.17, 15) is 4.79 Å². The smallest absolute Gasteiger partial charge is 0.221 e. The first kappa shape index (κ1) is 11.2. The zero-order valence-electron chi connectivity index (χ0n) is 8.03. The number of carbonyl (C=O) groups excluding carboxylic acids is 1. The van der Waals surface area contributed by atoms with Crippen molar-refractivity contribution in [2.75, 3.05) is 5.33 Å². The zero-order chi connectivity index (χ0) is 10.4. The minimum atomic E-state index is -0.0252. The van der Waals surface area contributed by atoms with E-state index in [0.29, 0.717) is 11.8 Å². The van der Waals surface area contributed by atoms with Crippen molar-refractivity contribution in [2.24, 2.45) is 0 Å². The second kappa shape index (κ2) is 5.75. The highest BCUT2D eigenvalue weighted by Gasteiger charge is 2.08. The molecule has 1 N–H and O–H groups in total. The molecule has 0 aliphatic rings. The highest BCUT2D eigenvalue weighted by Crippen LogP contribution is 2.07. The van der Waals surface area contributed by atoms with Gasteiger partial charge < -0.3 is 5.32 Å². The molecule has 1 atom stereocenters. The largest absolute Gasteiger partial charge is 0.348 e. The summed E-state index contributed by atoms with van der Waals surface area (Å²) in [6.45, 7) is 1.93. The predicted octanol–water partition coefficient (Wildman–Crippen LogP) is 2.04. The second-order valence-electron chi connectivity index (χ2n) is 2.98. The van der Waals surface area contributed by atoms with Crippen molar-refractivity contribution < 1.29 is 4.79 Å². The van der Waals surface area contributed by atoms with Gasteiger partial charge >= 0.3 is 0 Å². The Morgan fingerprint density at radius 3 is 3.00 bits per heavy atom. The van der Waals surface area contributed by atoms with Gasteiger partial charge in [-0.3, -0.25) is 9.78 Å². The molecule has 1 heterocycles. The molecule has 76 valence electrons. The molecule has 1 aromatic rings. The van der Waals surface area contributed by atoms with Gasteiger partial charge in [-0.15, -0.1) is 0 Å². The zero-order valence-corrected chi connectivity index (χ0v) is 9.62. The van der Waals surface area contributed by atoms with Crippen LogP contribution in [0, 0.1) is 0 Å². The van der Waals surface area contributed by atoms with Crippen molar-refractivity contribution in [2.45, 2.75) is 19.4 Å². The van der Waals surface area contributed by atoms with Crippen LogP contribution >= 0.6 is 15.9 Å². The second-order valence-corrected chi connectivity index (χ2v) is 3.78. The van der Waals surface area contributed by atoms with Crippen molar-refractivity contribution >= 4 is 21.8 Å². The number of rotatable bonds is 4. The lowest BCUT2D eigenvalue weighted by atomic mass is 10.2. The predicted molar refractivity (Wildman–Crippen MR) is 59.2 cm³/mol. The Morgan fingerprint density at radius 1 is 1.64 bits per heavy atom. The Hall–Kier alpha value is -0.900. The minimum Gasteiger partial charge on any atom is -0.348 e. The van der Waals surface area contributed by atoms with Gasteiger partial charge in [0.1, 0.15) is 0 Å². The molecule has 0 fully saturated rings. The molecule has 0 saturated carbocycles. The van der Waals surface area contributed by atoms with E-state index < -0.39 is 0 Å². The molecule has 0 aliphatic carbocycles. The molecule has 1 rings (SSSR count). The average Bonchev–Trinajstić information content (AvgIpc) is 2.19. The third-order valence-electron chi connectivity index (χ3n) is 1.83. The van der Waals surface area contributed by atoms with E-state index in [1.807, 2.05) is 25.1 Å². The first-order chi connectivity index (χ1) is 6.74. The molecule has 4 heteroatoms. The Morgan fingerprint density at radius 2 is 2.43 bits per heavy atom. The standard InChI is InChI=1S/C10H13BrN2O/c1-8(13-10(14)5-6-11)9-4-2-3-7-12-9/h2-4,7-8H,5-6H2,1H3,(H,13,14)/t8-/m1/s1. The van der Waals surface area contributed by atoms with E-state index in [1.54, 1.807) is 6.20 Å². The molecule has 0 unspecified atom stereocenters. The van der Waals surface area contributed by atoms with Gasteiger partial charge in [0.2, 0.25) is 5.91 Å². The summed E-state index contributed by atoms with van der Waals surface area (Å²) >= 11 is 3.22. The summed E-state index contributed by atoms with van der Waals surface area (Å²) in [5, 5.41) is 3.55. The van der Waals surface area contributed by atoms with Crippen LogP contribution in [0.5, 0.6) is 0 Å². The van der Waals surface area contributed by atoms with Crippen molar-refractivity contribution in [3.05, 3.63) is 30.1 Å². The maximum Gasteiger partial charge on any atom is 0.221 e. The third kappa shape index (κ3) is 3.46. The molecule has 14 heavy (non-hydrogen) atoms. The van der Waals surface area contributed by atoms with Gasteiger partial charge in [-0.2, -0.15) is 0 Å². The van der Waals surface area contributed by atoms with Crippen LogP contribution in [0.1, 0.15) is 25.1 Å². The summed E-state index contributed by atoms with van der Waals surface area (Å²) in [4.78, 5) is 15.4. The molecular weight excluding hydrogens is 244 g/mol. The van der Waals surface area contributed by atoms with E-state index in [2.05, 4.69) is 26.2 Å². The van der Waals surface area contributed by atoms with E-state index >= 15 is 0 Å². The molecule has 0 spiro atoms. The normalized spacial score (nSPS) is 12.1. The van der Waals surface area contributed by atoms with Gasteiger partial charge in [-0.05, 0) is 19.1 Å². The fourth-order valence-corrected chi connectivity index (χ4v) is 1.47. The summed E-state index contributed by atoms with van der Waals surface area (Å²) in [5.74, 6) is 0.0417. The number of aromatic nitrogens is 1. The number of alkyl halides is 1. The lowest BCUT2D eigenvalue weighted by Gasteiger charge is -2.12. The minimum absolute atomic E-state index is 0.0252. The number of halogens is 1. The lowest BCUT2D eigenvalue weighted by Crippen LogP contribution is -2.27. The number of carbonyl (C=O) groups is 1. The van der Waals surface area contributed by atoms with E-state index in [1.165, 1.54) is 0 Å². The summed E-state index contributed by atoms with van der Waals surface area (Å²) in [6, 6.07) is 5.65. The quantitative estimate of drug-likeness (QED) is 0.839. The van der Waals surface area contributed by atoms with Crippen LogP contribution in [-0.4, -0.2) is 16.2 Å². The summed E-state index contributed by atoms with van der Waals surface area (Å²) < 4.78 is 0. The average molecular weight is 257 g/mol. The lowest BCUT2D eigenvalue weighted by molar-refractivity contribution is -0.121. The van der Waals surface area contributed by atoms with Crippen molar-refractivity contribution in [1.29, 1.82) is 0 Å². The summed E-state index contributed by atoms with van der Waals surface area (Å²) in [6.07, 6.45) is 2.22. The Labute approximate surface area is 92.1 Å². The number of hydrogen-bond donors (Lipinski definition) is 1. The molecule has 3 nitrogen and oxygen atoms in total. The molecule has 1 amide bonds. The Balaban J connectivity index is 2.50. The SMILES string of the molecule is C[C@@H](NC(=O)CCBr)c1ccccn1. The van der Waals surface area contributed by atoms with Crippen LogP contribution in [-0.2, 0) is 4.79 Å². The number of nitrogens with zero attached hydrogens (tertiary/aromatic N) is 1. The van der Waals surface area contributed by atoms with Crippen molar-refractivity contribution in [3.8, 4) is 0 Å². The first-order valence-corrected chi connectivity index (χ1v) is 5.62. The third-order valence-corrected chi connectivity index (χ3v) is 2.23. The molecule has 0 aromatic carbocycles. The van der Waals surface area contributed by atoms with E-state index in [0.717, 1.165) is 5.69 Å². The Bertz CT molecular complexity index is 289. The summed E-state index contributed by atoms with van der Waals surface area (Å²) in [5.41, 5.74) is 0.885. The molecule has 0 bridgehead atoms. The van der Waals surface area contributed by atoms with Crippen LogP contribution in [0.3, 0.4) is 0 Å². The molecule has 1 aromatic heterocycles. The van der Waals surface area contributed by atoms with Crippen LogP contribution in [0.2, 0.25) is 0 Å². The van der Waals surface area contributed by atoms with Crippen molar-refractivity contribution in [1.82, 2.24) is 10.3 Å². The Kier molecular flexibility index (Phi) is 4.59. The topological polar surface area (TPSA) is 42.0 Å². The fourth-order valence-electron chi connectivity index (χ4n) is 1.11. The van der Waals surface area contributed by atoms with Crippen molar-refractivity contribution in [3.63, 3.8) is 0 Å². The highest BCUT2D eigenvalue weighted by atomic mass is 79.9. The van der Waals surface area contributed by atoms with E-state index in [4.69, 9.17) is 0 Å². The van der Waals surface area contributed by atoms with E-state index in [-0.39, 0.29) is 11.9 Å². The van der Waals surface area contributed by atoms with Gasteiger partial charge in [0.25, 0.3) is 0 Å². The molecule has 0 radical (unpaired) electrons. The maximum atomic E-state index is 11.3. The highest BCUT2D eigenvalue weighted by molar-refractivity contribution is 9.09. The first-order valence-electron chi connectivity index (χ1n) is 4.50. The number of amides is 1. The fraction of sp³-hybridized carbons (Fsp3) is 0.400. The van der Waals surface area contributed by atoms with Gasteiger partial charge in [-0.25, -0.2) is 0 Å². The summed E-state index contributed by atoms with van der Waals surface area (Å²) in [7, 11) is 0. The van der Waals surface area contributed by atoms with Crippen LogP contribution in [0.15, 0.2) is 24.4 Å². The number of pyridine rings is 1. The van der Waals surface area contributed by atoms with Gasteiger partial charge in [0, 0.05) is 17.9 Å². The van der Waals surface area contributed by atoms with Crippen LogP contribution < -0.4 is 5.32 Å². The van der Waals surface area contributed by atoms with Gasteiger partial charge in [0.05, 0.1) is 11.7 Å².